The molecule has 0 aliphatic carbocycles. The Bertz CT molecular complexity index is 2330. The molecule has 7 heteroatoms. The van der Waals surface area contributed by atoms with Gasteiger partial charge in [0.15, 0.2) is 0 Å². The Hall–Kier alpha value is -3.90. The van der Waals surface area contributed by atoms with Gasteiger partial charge in [0.05, 0.1) is 24.3 Å². The van der Waals surface area contributed by atoms with Crippen LogP contribution in [0.1, 0.15) is 62.8 Å². The van der Waals surface area contributed by atoms with Crippen molar-refractivity contribution in [3.63, 3.8) is 0 Å². The van der Waals surface area contributed by atoms with Gasteiger partial charge in [0.1, 0.15) is 17.0 Å². The van der Waals surface area contributed by atoms with Crippen molar-refractivity contribution in [1.82, 2.24) is 4.98 Å². The summed E-state index contributed by atoms with van der Waals surface area (Å²) in [5.41, 5.74) is 8.15. The van der Waals surface area contributed by atoms with Crippen molar-refractivity contribution in [3.8, 4) is 11.3 Å². The van der Waals surface area contributed by atoms with E-state index in [1.54, 1.807) is 19.1 Å². The molecule has 1 radical (unpaired) electrons. The summed E-state index contributed by atoms with van der Waals surface area (Å²) >= 11 is 1.85. The third-order valence-corrected chi connectivity index (χ3v) is 9.58. The maximum atomic E-state index is 14.8. The molecule has 0 atom stereocenters. The summed E-state index contributed by atoms with van der Waals surface area (Å²) in [5.74, 6) is 0.468. The predicted molar refractivity (Wildman–Crippen MR) is 188 cm³/mol. The van der Waals surface area contributed by atoms with Gasteiger partial charge in [-0.2, -0.15) is 11.3 Å². The summed E-state index contributed by atoms with van der Waals surface area (Å²) in [4.78, 5) is 13.6. The van der Waals surface area contributed by atoms with Crippen LogP contribution in [0, 0.1) is 25.7 Å². The second-order valence-corrected chi connectivity index (χ2v) is 13.0. The van der Waals surface area contributed by atoms with E-state index in [1.165, 1.54) is 51.2 Å². The van der Waals surface area contributed by atoms with E-state index in [2.05, 4.69) is 76.2 Å². The van der Waals surface area contributed by atoms with Gasteiger partial charge < -0.3 is 9.52 Å². The van der Waals surface area contributed by atoms with Gasteiger partial charge in [-0.15, -0.1) is 23.3 Å². The summed E-state index contributed by atoms with van der Waals surface area (Å²) in [6, 6.07) is 22.2. The summed E-state index contributed by atoms with van der Waals surface area (Å²) in [6.45, 7) is 13.5. The number of carbonyl (C=O) groups excluding carboxylic acids is 1. The zero-order valence-corrected chi connectivity index (χ0v) is 30.1. The zero-order valence-electron chi connectivity index (χ0n) is 26.9. The number of benzene rings is 4. The second kappa shape index (κ2) is 13.1. The number of aryl methyl sites for hydroxylation is 3. The van der Waals surface area contributed by atoms with Crippen molar-refractivity contribution in [2.24, 2.45) is 0 Å². The van der Waals surface area contributed by atoms with Crippen molar-refractivity contribution in [1.29, 1.82) is 0 Å². The first kappa shape index (κ1) is 33.5. The van der Waals surface area contributed by atoms with Crippen molar-refractivity contribution >= 4 is 70.1 Å². The number of ketones is 1. The Kier molecular flexibility index (Phi) is 9.51. The SMILES string of the molecule is CC(=[OH+])/C=C(/C)O.CCc1ccc2c(c1)nc(-c1[c-]c(C)c3sc4c(C(C)C)cccc4c3c1)c1oc3cc(C)c(F)cc3c12.[Ir]. The van der Waals surface area contributed by atoms with E-state index in [9.17, 15) is 4.39 Å². The van der Waals surface area contributed by atoms with Gasteiger partial charge in [-0.1, -0.05) is 63.4 Å². The molecule has 4 aromatic carbocycles. The van der Waals surface area contributed by atoms with Crippen LogP contribution in [0.15, 0.2) is 70.8 Å². The molecule has 0 spiro atoms. The van der Waals surface area contributed by atoms with Crippen LogP contribution in [-0.2, 0) is 26.5 Å². The molecule has 4 nitrogen and oxygen atoms in total. The van der Waals surface area contributed by atoms with E-state index in [1.807, 2.05) is 11.3 Å². The van der Waals surface area contributed by atoms with Crippen LogP contribution >= 0.6 is 11.3 Å². The minimum Gasteiger partial charge on any atom is -0.512 e. The van der Waals surface area contributed by atoms with Crippen molar-refractivity contribution in [2.45, 2.75) is 60.8 Å². The quantitative estimate of drug-likeness (QED) is 0.0833. The van der Waals surface area contributed by atoms with Crippen LogP contribution < -0.4 is 0 Å². The summed E-state index contributed by atoms with van der Waals surface area (Å²) < 4.78 is 23.8. The van der Waals surface area contributed by atoms with Crippen LogP contribution in [0.3, 0.4) is 0 Å². The van der Waals surface area contributed by atoms with E-state index in [-0.39, 0.29) is 37.5 Å². The minimum atomic E-state index is -0.230. The number of aromatic nitrogens is 1. The molecule has 0 bridgehead atoms. The van der Waals surface area contributed by atoms with E-state index in [4.69, 9.17) is 19.3 Å². The predicted octanol–water partition coefficient (Wildman–Crippen LogP) is 11.4. The molecular weight excluding hydrogens is 774 g/mol. The fourth-order valence-corrected chi connectivity index (χ4v) is 7.41. The van der Waals surface area contributed by atoms with E-state index in [0.717, 1.165) is 44.9 Å². The number of nitrogens with zero attached hydrogens (tertiary/aromatic N) is 1. The molecule has 0 aliphatic rings. The molecule has 237 valence electrons. The first-order chi connectivity index (χ1) is 21.5. The van der Waals surface area contributed by atoms with Gasteiger partial charge in [0, 0.05) is 46.7 Å². The molecule has 3 aromatic heterocycles. The largest absolute Gasteiger partial charge is 0.512 e. The third kappa shape index (κ3) is 6.00. The maximum Gasteiger partial charge on any atom is 0.316 e. The topological polar surface area (TPSA) is 67.7 Å². The number of hydrogen-bond acceptors (Lipinski definition) is 4. The van der Waals surface area contributed by atoms with Gasteiger partial charge >= 0.3 is 5.78 Å². The van der Waals surface area contributed by atoms with Crippen LogP contribution in [0.5, 0.6) is 0 Å². The van der Waals surface area contributed by atoms with Gasteiger partial charge in [0.2, 0.25) is 0 Å². The Morgan fingerprint density at radius 2 is 1.78 bits per heavy atom. The molecule has 0 saturated heterocycles. The molecule has 3 heterocycles. The Morgan fingerprint density at radius 1 is 1.02 bits per heavy atom. The number of allylic oxidation sites excluding steroid dienone is 2. The standard InChI is InChI=1S/C34H27FNOS.C5H8O2.Ir/c1-6-20-10-11-24-28(14-20)36-31(32-30(24)26-16-27(35)18(4)13-29(26)37-32)21-12-19(5)33-25(15-21)23-9-7-8-22(17(2)3)34(23)38-33;1-4(6)3-5(2)7;/h7-11,13-17H,6H2,1-5H3;3,6H,1-2H3;/q-1;;/p+1/b;4-3-;. The summed E-state index contributed by atoms with van der Waals surface area (Å²) in [5, 5.41) is 13.5. The van der Waals surface area contributed by atoms with Crippen molar-refractivity contribution in [2.75, 3.05) is 0 Å². The smallest absolute Gasteiger partial charge is 0.316 e. The normalized spacial score (nSPS) is 11.9. The number of rotatable bonds is 4. The van der Waals surface area contributed by atoms with E-state index in [0.29, 0.717) is 22.6 Å². The number of pyridine rings is 1. The Morgan fingerprint density at radius 3 is 2.43 bits per heavy atom. The van der Waals surface area contributed by atoms with Crippen molar-refractivity contribution in [3.05, 3.63) is 101 Å². The first-order valence-corrected chi connectivity index (χ1v) is 16.0. The van der Waals surface area contributed by atoms with Gasteiger partial charge in [-0.05, 0) is 71.2 Å². The molecule has 46 heavy (non-hydrogen) atoms. The Labute approximate surface area is 285 Å². The van der Waals surface area contributed by atoms with Gasteiger partial charge in [-0.25, -0.2) is 4.39 Å². The molecule has 0 unspecified atom stereocenters. The number of aliphatic hydroxyl groups is 1. The average molecular weight is 810 g/mol. The zero-order chi connectivity index (χ0) is 32.2. The molecule has 0 amide bonds. The maximum absolute atomic E-state index is 14.8. The number of thiophene rings is 1. The number of aliphatic hydroxyl groups excluding tert-OH is 1. The molecular formula is C39H36FIrNO3S. The molecule has 0 fully saturated rings. The number of furan rings is 1. The Balaban J connectivity index is 0.000000471. The fraction of sp³-hybridized carbons (Fsp3) is 0.231. The van der Waals surface area contributed by atoms with Gasteiger partial charge in [0.25, 0.3) is 0 Å². The second-order valence-electron chi connectivity index (χ2n) is 12.0. The van der Waals surface area contributed by atoms with Gasteiger partial charge in [-0.3, -0.25) is 9.78 Å². The average Bonchev–Trinajstić information content (AvgIpc) is 3.55. The third-order valence-electron chi connectivity index (χ3n) is 8.19. The number of hydrogen-bond donors (Lipinski definition) is 1. The minimum absolute atomic E-state index is 0. The molecule has 0 aliphatic heterocycles. The van der Waals surface area contributed by atoms with Crippen LogP contribution in [-0.4, -0.2) is 20.7 Å². The summed E-state index contributed by atoms with van der Waals surface area (Å²) in [7, 11) is 0. The molecule has 0 saturated carbocycles. The number of fused-ring (bicyclic) bond motifs is 8. The first-order valence-electron chi connectivity index (χ1n) is 15.2. The number of halogens is 1. The fourth-order valence-electron chi connectivity index (χ4n) is 6.01. The van der Waals surface area contributed by atoms with Crippen LogP contribution in [0.25, 0.3) is 64.3 Å². The molecule has 2 N–H and O–H groups in total. The molecule has 7 rings (SSSR count). The van der Waals surface area contributed by atoms with Crippen LogP contribution in [0.2, 0.25) is 0 Å². The van der Waals surface area contributed by atoms with Crippen LogP contribution in [0.4, 0.5) is 4.39 Å². The molecule has 7 aromatic rings. The van der Waals surface area contributed by atoms with E-state index >= 15 is 0 Å². The monoisotopic (exact) mass is 810 g/mol. The summed E-state index contributed by atoms with van der Waals surface area (Å²) in [6.07, 6.45) is 2.20. The van der Waals surface area contributed by atoms with Crippen molar-refractivity contribution < 1.29 is 38.8 Å². The van der Waals surface area contributed by atoms with E-state index < -0.39 is 0 Å².